The normalized spacial score (nSPS) is 11.2. The van der Waals surface area contributed by atoms with Gasteiger partial charge in [0.1, 0.15) is 23.6 Å². The van der Waals surface area contributed by atoms with Gasteiger partial charge in [-0.3, -0.25) is 9.48 Å². The number of amides is 1. The molecule has 3 aromatic rings. The highest BCUT2D eigenvalue weighted by atomic mass is 79.9. The molecule has 0 saturated carbocycles. The first-order valence-corrected chi connectivity index (χ1v) is 10.6. The summed E-state index contributed by atoms with van der Waals surface area (Å²) in [4.78, 5) is 25.0. The number of carbonyl (C=O) groups excluding carboxylic acids is 2. The van der Waals surface area contributed by atoms with Crippen molar-refractivity contribution in [3.8, 4) is 11.5 Å². The van der Waals surface area contributed by atoms with E-state index >= 15 is 0 Å². The summed E-state index contributed by atoms with van der Waals surface area (Å²) in [5.41, 5.74) is 5.55. The summed E-state index contributed by atoms with van der Waals surface area (Å²) in [5, 5.41) is 8.49. The predicted molar refractivity (Wildman–Crippen MR) is 124 cm³/mol. The first-order chi connectivity index (χ1) is 15.3. The van der Waals surface area contributed by atoms with Crippen molar-refractivity contribution >= 4 is 33.5 Å². The van der Waals surface area contributed by atoms with E-state index in [-0.39, 0.29) is 12.5 Å². The number of rotatable bonds is 7. The van der Waals surface area contributed by atoms with E-state index in [1.165, 1.54) is 7.11 Å². The summed E-state index contributed by atoms with van der Waals surface area (Å²) in [7, 11) is 1.49. The van der Waals surface area contributed by atoms with E-state index < -0.39 is 5.97 Å². The lowest BCUT2D eigenvalue weighted by Gasteiger charge is -2.12. The van der Waals surface area contributed by atoms with Crippen molar-refractivity contribution in [1.29, 1.82) is 0 Å². The Balaban J connectivity index is 1.74. The molecule has 3 rings (SSSR count). The fourth-order valence-electron chi connectivity index (χ4n) is 3.03. The minimum Gasteiger partial charge on any atom is -0.496 e. The van der Waals surface area contributed by atoms with Crippen LogP contribution in [-0.2, 0) is 11.3 Å². The largest absolute Gasteiger partial charge is 0.496 e. The van der Waals surface area contributed by atoms with Crippen molar-refractivity contribution < 1.29 is 19.1 Å². The minimum absolute atomic E-state index is 0.0273. The number of para-hydroxylation sites is 2. The number of hydrazone groups is 1. The van der Waals surface area contributed by atoms with Gasteiger partial charge < -0.3 is 9.47 Å². The second-order valence-corrected chi connectivity index (χ2v) is 7.75. The van der Waals surface area contributed by atoms with Crippen LogP contribution >= 0.6 is 15.9 Å². The summed E-state index contributed by atoms with van der Waals surface area (Å²) < 4.78 is 13.3. The molecule has 8 nitrogen and oxygen atoms in total. The van der Waals surface area contributed by atoms with Crippen molar-refractivity contribution in [3.05, 3.63) is 75.5 Å². The smallest absolute Gasteiger partial charge is 0.347 e. The lowest BCUT2D eigenvalue weighted by Crippen LogP contribution is -2.25. The molecule has 1 N–H and O–H groups in total. The van der Waals surface area contributed by atoms with E-state index in [9.17, 15) is 9.59 Å². The molecule has 0 aliphatic carbocycles. The maximum atomic E-state index is 12.7. The Morgan fingerprint density at radius 2 is 1.69 bits per heavy atom. The van der Waals surface area contributed by atoms with Crippen LogP contribution in [0.15, 0.2) is 58.1 Å². The third-order valence-electron chi connectivity index (χ3n) is 4.74. The molecular weight excluding hydrogens is 476 g/mol. The standard InChI is InChI=1S/C23H23BrN4O4/c1-14(25-26-21(29)13-28-16(3)22(24)15(2)27-28)17-9-5-8-12-20(17)32-23(30)18-10-6-7-11-19(18)31-4/h5-12H,13H2,1-4H3,(H,26,29)/b25-14+. The summed E-state index contributed by atoms with van der Waals surface area (Å²) in [5.74, 6) is -0.141. The third kappa shape index (κ3) is 5.23. The molecule has 0 unspecified atom stereocenters. The van der Waals surface area contributed by atoms with Crippen molar-refractivity contribution in [1.82, 2.24) is 15.2 Å². The summed E-state index contributed by atoms with van der Waals surface area (Å²) in [6.45, 7) is 5.48. The highest BCUT2D eigenvalue weighted by Crippen LogP contribution is 2.24. The molecule has 0 aliphatic rings. The number of nitrogens with one attached hydrogen (secondary N) is 1. The van der Waals surface area contributed by atoms with Crippen LogP contribution in [0.2, 0.25) is 0 Å². The second-order valence-electron chi connectivity index (χ2n) is 6.96. The zero-order chi connectivity index (χ0) is 23.3. The Bertz CT molecular complexity index is 1190. The van der Waals surface area contributed by atoms with Gasteiger partial charge in [-0.05, 0) is 61.0 Å². The number of ether oxygens (including phenoxy) is 2. The number of nitrogens with zero attached hydrogens (tertiary/aromatic N) is 3. The van der Waals surface area contributed by atoms with Crippen LogP contribution in [-0.4, -0.2) is 34.5 Å². The van der Waals surface area contributed by atoms with E-state index in [1.807, 2.05) is 13.8 Å². The Kier molecular flexibility index (Phi) is 7.42. The zero-order valence-electron chi connectivity index (χ0n) is 18.2. The van der Waals surface area contributed by atoms with Gasteiger partial charge in [-0.2, -0.15) is 10.2 Å². The average molecular weight is 499 g/mol. The molecule has 0 fully saturated rings. The number of carbonyl (C=O) groups is 2. The number of benzene rings is 2. The van der Waals surface area contributed by atoms with Crippen molar-refractivity contribution in [3.63, 3.8) is 0 Å². The second kappa shape index (κ2) is 10.2. The van der Waals surface area contributed by atoms with Crippen LogP contribution < -0.4 is 14.9 Å². The fraction of sp³-hybridized carbons (Fsp3) is 0.217. The topological polar surface area (TPSA) is 94.8 Å². The van der Waals surface area contributed by atoms with Gasteiger partial charge in [0.2, 0.25) is 0 Å². The maximum absolute atomic E-state index is 12.7. The van der Waals surface area contributed by atoms with Crippen LogP contribution in [0.1, 0.15) is 34.2 Å². The first-order valence-electron chi connectivity index (χ1n) is 9.79. The number of aryl methyl sites for hydroxylation is 1. The van der Waals surface area contributed by atoms with Crippen LogP contribution in [0.4, 0.5) is 0 Å². The van der Waals surface area contributed by atoms with Gasteiger partial charge in [0.05, 0.1) is 28.7 Å². The SMILES string of the molecule is COc1ccccc1C(=O)Oc1ccccc1/C(C)=N/NC(=O)Cn1nc(C)c(Br)c1C. The monoisotopic (exact) mass is 498 g/mol. The number of hydrogen-bond donors (Lipinski definition) is 1. The van der Waals surface area contributed by atoms with E-state index in [0.29, 0.717) is 28.3 Å². The molecular formula is C23H23BrN4O4. The summed E-state index contributed by atoms with van der Waals surface area (Å²) in [6, 6.07) is 13.8. The molecule has 0 bridgehead atoms. The molecule has 1 heterocycles. The molecule has 2 aromatic carbocycles. The Hall–Kier alpha value is -3.46. The first kappa shape index (κ1) is 23.2. The van der Waals surface area contributed by atoms with Crippen molar-refractivity contribution in [2.45, 2.75) is 27.3 Å². The number of hydrogen-bond acceptors (Lipinski definition) is 6. The molecule has 1 aromatic heterocycles. The van der Waals surface area contributed by atoms with Gasteiger partial charge in [0.15, 0.2) is 0 Å². The molecule has 0 radical (unpaired) electrons. The molecule has 0 spiro atoms. The van der Waals surface area contributed by atoms with Crippen LogP contribution in [0.5, 0.6) is 11.5 Å². The predicted octanol–water partition coefficient (Wildman–Crippen LogP) is 4.03. The van der Waals surface area contributed by atoms with E-state index in [2.05, 4.69) is 31.6 Å². The van der Waals surface area contributed by atoms with Crippen molar-refractivity contribution in [2.75, 3.05) is 7.11 Å². The highest BCUT2D eigenvalue weighted by Gasteiger charge is 2.17. The Labute approximate surface area is 194 Å². The molecule has 32 heavy (non-hydrogen) atoms. The van der Waals surface area contributed by atoms with Crippen LogP contribution in [0, 0.1) is 13.8 Å². The number of methoxy groups -OCH3 is 1. The fourth-order valence-corrected chi connectivity index (χ4v) is 3.31. The molecule has 0 saturated heterocycles. The van der Waals surface area contributed by atoms with E-state index in [0.717, 1.165) is 15.9 Å². The van der Waals surface area contributed by atoms with Gasteiger partial charge >= 0.3 is 5.97 Å². The molecule has 166 valence electrons. The third-order valence-corrected chi connectivity index (χ3v) is 5.89. The number of aromatic nitrogens is 2. The lowest BCUT2D eigenvalue weighted by molar-refractivity contribution is -0.121. The van der Waals surface area contributed by atoms with Gasteiger partial charge in [-0.15, -0.1) is 0 Å². The molecule has 1 amide bonds. The minimum atomic E-state index is -0.554. The highest BCUT2D eigenvalue weighted by molar-refractivity contribution is 9.10. The average Bonchev–Trinajstić information content (AvgIpc) is 3.04. The van der Waals surface area contributed by atoms with Gasteiger partial charge in [-0.25, -0.2) is 10.2 Å². The molecule has 0 aliphatic heterocycles. The molecule has 9 heteroatoms. The Morgan fingerprint density at radius 3 is 2.31 bits per heavy atom. The van der Waals surface area contributed by atoms with Crippen LogP contribution in [0.3, 0.4) is 0 Å². The Morgan fingerprint density at radius 1 is 1.06 bits per heavy atom. The number of halogens is 1. The van der Waals surface area contributed by atoms with E-state index in [4.69, 9.17) is 9.47 Å². The number of esters is 1. The van der Waals surface area contributed by atoms with Gasteiger partial charge in [0.25, 0.3) is 5.91 Å². The van der Waals surface area contributed by atoms with E-state index in [1.54, 1.807) is 60.1 Å². The summed E-state index contributed by atoms with van der Waals surface area (Å²) in [6.07, 6.45) is 0. The lowest BCUT2D eigenvalue weighted by atomic mass is 10.1. The van der Waals surface area contributed by atoms with Gasteiger partial charge in [-0.1, -0.05) is 24.3 Å². The van der Waals surface area contributed by atoms with Gasteiger partial charge in [0, 0.05) is 5.56 Å². The maximum Gasteiger partial charge on any atom is 0.347 e. The van der Waals surface area contributed by atoms with Crippen LogP contribution in [0.25, 0.3) is 0 Å². The summed E-state index contributed by atoms with van der Waals surface area (Å²) >= 11 is 3.44. The quantitative estimate of drug-likeness (QED) is 0.229. The zero-order valence-corrected chi connectivity index (χ0v) is 19.8. The molecule has 0 atom stereocenters. The van der Waals surface area contributed by atoms with Crippen molar-refractivity contribution in [2.24, 2.45) is 5.10 Å².